The minimum absolute atomic E-state index is 0.472. The molecule has 1 N–H and O–H groups in total. The molecule has 4 rings (SSSR count). The molecule has 0 aromatic heterocycles. The molecule has 0 spiro atoms. The number of anilines is 1. The normalized spacial score (nSPS) is 20.7. The average Bonchev–Trinajstić information content (AvgIpc) is 3.12. The number of carbonyl (C=O) groups is 1. The number of hydrogen-bond acceptors (Lipinski definition) is 7. The zero-order chi connectivity index (χ0) is 15.3. The standard InChI is InChI=1S/C14H13N3O3S2/c1-17-2-3-20-14-10(17)5-7-4-8(15-11(7)22-14)12-16-9(6-21-12)13(18)19/h4-5,9H,2-3,6H2,1H3,(H,18,19). The summed E-state index contributed by atoms with van der Waals surface area (Å²) in [7, 11) is 2.05. The van der Waals surface area contributed by atoms with Gasteiger partial charge in [-0.3, -0.25) is 4.99 Å². The molecule has 0 amide bonds. The molecule has 0 saturated carbocycles. The van der Waals surface area contributed by atoms with E-state index in [4.69, 9.17) is 9.84 Å². The third kappa shape index (κ3) is 2.22. The maximum Gasteiger partial charge on any atom is 0.329 e. The van der Waals surface area contributed by atoms with Crippen LogP contribution in [0.1, 0.15) is 5.69 Å². The topological polar surface area (TPSA) is 75.0 Å². The Morgan fingerprint density at radius 2 is 2.36 bits per heavy atom. The fraction of sp³-hybridized carbons (Fsp3) is 0.357. The summed E-state index contributed by atoms with van der Waals surface area (Å²) in [5.74, 6) is -0.411. The molecule has 1 unspecified atom stereocenters. The van der Waals surface area contributed by atoms with Crippen molar-refractivity contribution in [3.8, 4) is 15.6 Å². The number of likely N-dealkylation sites (N-methyl/N-ethyl adjacent to an activating group) is 1. The van der Waals surface area contributed by atoms with E-state index in [1.54, 1.807) is 0 Å². The van der Waals surface area contributed by atoms with E-state index in [-0.39, 0.29) is 0 Å². The van der Waals surface area contributed by atoms with Crippen molar-refractivity contribution < 1.29 is 14.6 Å². The summed E-state index contributed by atoms with van der Waals surface area (Å²) >= 11 is 2.97. The van der Waals surface area contributed by atoms with Crippen molar-refractivity contribution >= 4 is 39.8 Å². The van der Waals surface area contributed by atoms with Gasteiger partial charge in [0.05, 0.1) is 17.9 Å². The van der Waals surface area contributed by atoms with Gasteiger partial charge in [0.25, 0.3) is 0 Å². The van der Waals surface area contributed by atoms with E-state index in [2.05, 4.69) is 20.9 Å². The first-order valence-corrected chi connectivity index (χ1v) is 8.64. The van der Waals surface area contributed by atoms with Gasteiger partial charge in [0.15, 0.2) is 11.1 Å². The molecule has 0 saturated heterocycles. The number of nitrogens with zero attached hydrogens (tertiary/aromatic N) is 3. The number of hydrogen-bond donors (Lipinski definition) is 1. The summed E-state index contributed by atoms with van der Waals surface area (Å²) in [5.41, 5.74) is 2.87. The average molecular weight is 335 g/mol. The maximum atomic E-state index is 11.0. The van der Waals surface area contributed by atoms with Gasteiger partial charge in [-0.25, -0.2) is 9.78 Å². The van der Waals surface area contributed by atoms with Crippen LogP contribution in [0.5, 0.6) is 5.06 Å². The van der Waals surface area contributed by atoms with Gasteiger partial charge in [0, 0.05) is 18.4 Å². The van der Waals surface area contributed by atoms with E-state index in [0.29, 0.717) is 17.4 Å². The Morgan fingerprint density at radius 3 is 3.14 bits per heavy atom. The Bertz CT molecular complexity index is 758. The van der Waals surface area contributed by atoms with Crippen LogP contribution in [0, 0.1) is 0 Å². The molecule has 0 fully saturated rings. The largest absolute Gasteiger partial charge is 0.480 e. The third-order valence-electron chi connectivity index (χ3n) is 3.68. The van der Waals surface area contributed by atoms with Crippen molar-refractivity contribution in [2.24, 2.45) is 4.99 Å². The monoisotopic (exact) mass is 335 g/mol. The fourth-order valence-corrected chi connectivity index (χ4v) is 4.47. The molecule has 4 aliphatic heterocycles. The van der Waals surface area contributed by atoms with Crippen molar-refractivity contribution in [1.82, 2.24) is 4.98 Å². The number of fused-ring (bicyclic) bond motifs is 2. The highest BCUT2D eigenvalue weighted by atomic mass is 32.2. The van der Waals surface area contributed by atoms with Crippen molar-refractivity contribution in [3.05, 3.63) is 17.8 Å². The van der Waals surface area contributed by atoms with Crippen LogP contribution in [-0.4, -0.2) is 53.1 Å². The quantitative estimate of drug-likeness (QED) is 0.905. The fourth-order valence-electron chi connectivity index (χ4n) is 2.46. The maximum absolute atomic E-state index is 11.0. The van der Waals surface area contributed by atoms with Gasteiger partial charge in [-0.15, -0.1) is 11.8 Å². The lowest BCUT2D eigenvalue weighted by Gasteiger charge is -2.27. The van der Waals surface area contributed by atoms with E-state index >= 15 is 0 Å². The Labute approximate surface area is 135 Å². The third-order valence-corrected chi connectivity index (χ3v) is 5.78. The molecule has 114 valence electrons. The van der Waals surface area contributed by atoms with E-state index in [0.717, 1.165) is 33.6 Å². The van der Waals surface area contributed by atoms with Crippen molar-refractivity contribution in [3.63, 3.8) is 0 Å². The Balaban J connectivity index is 1.75. The van der Waals surface area contributed by atoms with Crippen LogP contribution < -0.4 is 9.64 Å². The molecule has 8 heteroatoms. The zero-order valence-electron chi connectivity index (χ0n) is 11.8. The zero-order valence-corrected chi connectivity index (χ0v) is 13.4. The summed E-state index contributed by atoms with van der Waals surface area (Å²) in [6, 6.07) is 3.39. The highest BCUT2D eigenvalue weighted by Gasteiger charge is 2.28. The van der Waals surface area contributed by atoms with Gasteiger partial charge < -0.3 is 14.7 Å². The number of thioether (sulfide) groups is 1. The molecule has 0 bridgehead atoms. The number of ether oxygens (including phenoxy) is 1. The summed E-state index contributed by atoms with van der Waals surface area (Å²) in [6.45, 7) is 1.55. The number of aliphatic imine (C=N–C) groups is 1. The molecule has 0 aliphatic carbocycles. The lowest BCUT2D eigenvalue weighted by atomic mass is 10.2. The van der Waals surface area contributed by atoms with Crippen LogP contribution in [0.2, 0.25) is 0 Å². The van der Waals surface area contributed by atoms with E-state index in [1.165, 1.54) is 23.1 Å². The van der Waals surface area contributed by atoms with E-state index in [1.807, 2.05) is 13.1 Å². The van der Waals surface area contributed by atoms with Crippen LogP contribution >= 0.6 is 23.1 Å². The summed E-state index contributed by atoms with van der Waals surface area (Å²) < 4.78 is 5.71. The summed E-state index contributed by atoms with van der Waals surface area (Å²) in [5, 5.41) is 11.5. The Kier molecular flexibility index (Phi) is 3.23. The molecule has 1 atom stereocenters. The van der Waals surface area contributed by atoms with E-state index < -0.39 is 12.0 Å². The van der Waals surface area contributed by atoms with Crippen LogP contribution in [0.15, 0.2) is 17.1 Å². The van der Waals surface area contributed by atoms with Gasteiger partial charge in [0.2, 0.25) is 0 Å². The van der Waals surface area contributed by atoms with Crippen molar-refractivity contribution in [1.29, 1.82) is 0 Å². The molecule has 6 nitrogen and oxygen atoms in total. The molecule has 4 aliphatic rings. The number of aliphatic carboxylic acids is 1. The molecule has 0 radical (unpaired) electrons. The van der Waals surface area contributed by atoms with Crippen LogP contribution in [-0.2, 0) is 4.79 Å². The Hall–Kier alpha value is -1.80. The highest BCUT2D eigenvalue weighted by molar-refractivity contribution is 8.14. The number of carboxylic acid groups (broad SMARTS) is 1. The van der Waals surface area contributed by atoms with E-state index in [9.17, 15) is 4.79 Å². The SMILES string of the molecule is CN1CCOc2sc3nc(C4=NC(C(=O)O)CS4)cc-3cc21. The van der Waals surface area contributed by atoms with Crippen molar-refractivity contribution in [2.45, 2.75) is 6.04 Å². The van der Waals surface area contributed by atoms with Crippen LogP contribution in [0.4, 0.5) is 5.69 Å². The highest BCUT2D eigenvalue weighted by Crippen LogP contribution is 2.43. The predicted octanol–water partition coefficient (Wildman–Crippen LogP) is 2.02. The number of rotatable bonds is 2. The summed E-state index contributed by atoms with van der Waals surface area (Å²) in [4.78, 5) is 22.0. The first-order valence-electron chi connectivity index (χ1n) is 6.84. The first-order chi connectivity index (χ1) is 10.6. The number of carboxylic acids is 1. The van der Waals surface area contributed by atoms with Gasteiger partial charge in [0.1, 0.15) is 16.7 Å². The molecule has 22 heavy (non-hydrogen) atoms. The minimum atomic E-state index is -0.882. The van der Waals surface area contributed by atoms with Gasteiger partial charge >= 0.3 is 5.97 Å². The molecule has 0 aromatic rings. The number of aromatic nitrogens is 1. The first kappa shape index (κ1) is 13.8. The van der Waals surface area contributed by atoms with Gasteiger partial charge in [-0.2, -0.15) is 0 Å². The van der Waals surface area contributed by atoms with Crippen LogP contribution in [0.25, 0.3) is 10.6 Å². The van der Waals surface area contributed by atoms with Crippen LogP contribution in [0.3, 0.4) is 0 Å². The molecular weight excluding hydrogens is 322 g/mol. The second kappa shape index (κ2) is 5.13. The lowest BCUT2D eigenvalue weighted by Crippen LogP contribution is -2.28. The smallest absolute Gasteiger partial charge is 0.329 e. The molecule has 4 heterocycles. The van der Waals surface area contributed by atoms with Gasteiger partial charge in [-0.1, -0.05) is 11.3 Å². The lowest BCUT2D eigenvalue weighted by molar-refractivity contribution is -0.137. The second-order valence-electron chi connectivity index (χ2n) is 5.19. The van der Waals surface area contributed by atoms with Crippen molar-refractivity contribution in [2.75, 3.05) is 30.9 Å². The predicted molar refractivity (Wildman–Crippen MR) is 87.9 cm³/mol. The second-order valence-corrected chi connectivity index (χ2v) is 7.16. The summed E-state index contributed by atoms with van der Waals surface area (Å²) in [6.07, 6.45) is 0. The minimum Gasteiger partial charge on any atom is -0.480 e. The molecular formula is C14H13N3O3S2. The molecule has 0 aromatic carbocycles. The Morgan fingerprint density at radius 1 is 1.50 bits per heavy atom. The van der Waals surface area contributed by atoms with Gasteiger partial charge in [-0.05, 0) is 12.1 Å².